The summed E-state index contributed by atoms with van der Waals surface area (Å²) in [6.07, 6.45) is 4.11. The second-order valence-corrected chi connectivity index (χ2v) is 8.66. The summed E-state index contributed by atoms with van der Waals surface area (Å²) >= 11 is 0. The van der Waals surface area contributed by atoms with Crippen LogP contribution < -0.4 is 4.74 Å². The van der Waals surface area contributed by atoms with Crippen molar-refractivity contribution in [3.63, 3.8) is 0 Å². The van der Waals surface area contributed by atoms with E-state index in [1.807, 2.05) is 37.3 Å². The molecule has 0 atom stereocenters. The third kappa shape index (κ3) is 5.58. The van der Waals surface area contributed by atoms with E-state index in [0.717, 1.165) is 29.2 Å². The molecule has 0 bridgehead atoms. The van der Waals surface area contributed by atoms with Crippen LogP contribution in [0.1, 0.15) is 67.3 Å². The Morgan fingerprint density at radius 2 is 1.94 bits per heavy atom. The summed E-state index contributed by atoms with van der Waals surface area (Å²) in [5.41, 5.74) is 3.38. The monoisotopic (exact) mass is 434 g/mol. The van der Waals surface area contributed by atoms with E-state index in [1.54, 1.807) is 24.3 Å². The van der Waals surface area contributed by atoms with Gasteiger partial charge in [-0.15, -0.1) is 0 Å². The number of hydrogen-bond acceptors (Lipinski definition) is 4. The summed E-state index contributed by atoms with van der Waals surface area (Å²) in [5.74, 6) is 1.85. The number of pyridine rings is 1. The quantitative estimate of drug-likeness (QED) is 0.413. The van der Waals surface area contributed by atoms with Gasteiger partial charge in [0, 0.05) is 43.4 Å². The lowest BCUT2D eigenvalue weighted by Gasteiger charge is -2.24. The summed E-state index contributed by atoms with van der Waals surface area (Å²) < 4.78 is 11.6. The lowest BCUT2D eigenvalue weighted by atomic mass is 9.81. The van der Waals surface area contributed by atoms with E-state index in [4.69, 9.17) is 9.15 Å². The standard InChI is InChI=1S/C27H34N2O3/c1-6-27(3,4)21-11-13-24(31-5)20(18-21)19-23-12-14-25(32-23)26(30)29(7-2)17-15-22-10-8-9-16-28-22/h8-14,16,18H,6-7,15,17,19H2,1-5H3. The Morgan fingerprint density at radius 3 is 2.59 bits per heavy atom. The molecule has 0 spiro atoms. The van der Waals surface area contributed by atoms with Crippen LogP contribution in [0.5, 0.6) is 5.75 Å². The zero-order chi connectivity index (χ0) is 23.1. The minimum absolute atomic E-state index is 0.0839. The lowest BCUT2D eigenvalue weighted by molar-refractivity contribution is 0.0732. The number of hydrogen-bond donors (Lipinski definition) is 0. The highest BCUT2D eigenvalue weighted by Gasteiger charge is 2.21. The molecule has 170 valence electrons. The first kappa shape index (κ1) is 23.6. The molecule has 5 nitrogen and oxygen atoms in total. The third-order valence-corrected chi connectivity index (χ3v) is 6.22. The first-order valence-electron chi connectivity index (χ1n) is 11.3. The fraction of sp³-hybridized carbons (Fsp3) is 0.407. The molecule has 1 amide bonds. The summed E-state index contributed by atoms with van der Waals surface area (Å²) in [7, 11) is 1.68. The van der Waals surface area contributed by atoms with E-state index in [-0.39, 0.29) is 11.3 Å². The Bertz CT molecular complexity index is 1020. The highest BCUT2D eigenvalue weighted by Crippen LogP contribution is 2.32. The van der Waals surface area contributed by atoms with Gasteiger partial charge in [0.1, 0.15) is 11.5 Å². The van der Waals surface area contributed by atoms with Crippen LogP contribution in [0.4, 0.5) is 0 Å². The van der Waals surface area contributed by atoms with Gasteiger partial charge in [0.05, 0.1) is 7.11 Å². The van der Waals surface area contributed by atoms with Crippen molar-refractivity contribution in [1.29, 1.82) is 0 Å². The number of aromatic nitrogens is 1. The summed E-state index contributed by atoms with van der Waals surface area (Å²) in [6.45, 7) is 9.88. The molecule has 0 aliphatic rings. The van der Waals surface area contributed by atoms with Crippen molar-refractivity contribution in [2.75, 3.05) is 20.2 Å². The molecule has 0 radical (unpaired) electrons. The Kier molecular flexibility index (Phi) is 7.73. The molecule has 0 N–H and O–H groups in total. The predicted octanol–water partition coefficient (Wildman–Crippen LogP) is 5.67. The molecule has 5 heteroatoms. The molecule has 3 rings (SSSR count). The molecule has 3 aromatic rings. The lowest BCUT2D eigenvalue weighted by Crippen LogP contribution is -2.32. The maximum atomic E-state index is 13.0. The molecule has 0 saturated carbocycles. The minimum atomic E-state index is -0.0949. The second kappa shape index (κ2) is 10.5. The highest BCUT2D eigenvalue weighted by molar-refractivity contribution is 5.91. The third-order valence-electron chi connectivity index (χ3n) is 6.22. The van der Waals surface area contributed by atoms with E-state index < -0.39 is 0 Å². The average Bonchev–Trinajstić information content (AvgIpc) is 3.28. The van der Waals surface area contributed by atoms with Gasteiger partial charge < -0.3 is 14.1 Å². The van der Waals surface area contributed by atoms with Crippen molar-refractivity contribution in [2.45, 2.75) is 52.4 Å². The van der Waals surface area contributed by atoms with Crippen LogP contribution in [0.3, 0.4) is 0 Å². The fourth-order valence-corrected chi connectivity index (χ4v) is 3.67. The molecule has 0 fully saturated rings. The van der Waals surface area contributed by atoms with Crippen molar-refractivity contribution < 1.29 is 13.9 Å². The number of furan rings is 1. The fourth-order valence-electron chi connectivity index (χ4n) is 3.67. The summed E-state index contributed by atoms with van der Waals surface area (Å²) in [5, 5.41) is 0. The number of carbonyl (C=O) groups is 1. The number of benzene rings is 1. The van der Waals surface area contributed by atoms with Crippen LogP contribution in [0.15, 0.2) is 59.1 Å². The maximum absolute atomic E-state index is 13.0. The van der Waals surface area contributed by atoms with E-state index >= 15 is 0 Å². The van der Waals surface area contributed by atoms with Gasteiger partial charge in [-0.3, -0.25) is 9.78 Å². The van der Waals surface area contributed by atoms with Gasteiger partial charge in [0.2, 0.25) is 0 Å². The number of methoxy groups -OCH3 is 1. The van der Waals surface area contributed by atoms with Crippen LogP contribution in [0, 0.1) is 0 Å². The predicted molar refractivity (Wildman–Crippen MR) is 127 cm³/mol. The number of carbonyl (C=O) groups excluding carboxylic acids is 1. The molecular formula is C27H34N2O3. The van der Waals surface area contributed by atoms with Gasteiger partial charge in [0.25, 0.3) is 5.91 Å². The number of amides is 1. The molecule has 0 unspecified atom stereocenters. The number of likely N-dealkylation sites (N-methyl/N-ethyl adjacent to an activating group) is 1. The topological polar surface area (TPSA) is 55.6 Å². The van der Waals surface area contributed by atoms with E-state index in [9.17, 15) is 4.79 Å². The van der Waals surface area contributed by atoms with E-state index in [2.05, 4.69) is 37.9 Å². The van der Waals surface area contributed by atoms with Crippen molar-refractivity contribution in [2.24, 2.45) is 0 Å². The Hall–Kier alpha value is -3.08. The number of rotatable bonds is 10. The Morgan fingerprint density at radius 1 is 1.12 bits per heavy atom. The first-order chi connectivity index (χ1) is 15.4. The average molecular weight is 435 g/mol. The molecule has 0 aliphatic carbocycles. The minimum Gasteiger partial charge on any atom is -0.496 e. The largest absolute Gasteiger partial charge is 0.496 e. The van der Waals surface area contributed by atoms with Crippen LogP contribution in [0.25, 0.3) is 0 Å². The Labute approximate surface area is 191 Å². The smallest absolute Gasteiger partial charge is 0.289 e. The molecule has 0 aliphatic heterocycles. The zero-order valence-electron chi connectivity index (χ0n) is 19.9. The SMILES string of the molecule is CCN(CCc1ccccn1)C(=O)c1ccc(Cc2cc(C(C)(C)CC)ccc2OC)o1. The van der Waals surface area contributed by atoms with Crippen LogP contribution >= 0.6 is 0 Å². The van der Waals surface area contributed by atoms with Gasteiger partial charge in [-0.2, -0.15) is 0 Å². The molecular weight excluding hydrogens is 400 g/mol. The van der Waals surface area contributed by atoms with Crippen LogP contribution in [-0.4, -0.2) is 36.0 Å². The van der Waals surface area contributed by atoms with E-state index in [0.29, 0.717) is 31.7 Å². The Balaban J connectivity index is 1.73. The van der Waals surface area contributed by atoms with Crippen molar-refractivity contribution >= 4 is 5.91 Å². The molecule has 1 aromatic carbocycles. The number of nitrogens with zero attached hydrogens (tertiary/aromatic N) is 2. The van der Waals surface area contributed by atoms with Gasteiger partial charge in [-0.05, 0) is 54.7 Å². The van der Waals surface area contributed by atoms with Gasteiger partial charge in [0.15, 0.2) is 5.76 Å². The van der Waals surface area contributed by atoms with Gasteiger partial charge >= 0.3 is 0 Å². The van der Waals surface area contributed by atoms with Crippen LogP contribution in [0.2, 0.25) is 0 Å². The van der Waals surface area contributed by atoms with Crippen LogP contribution in [-0.2, 0) is 18.3 Å². The van der Waals surface area contributed by atoms with E-state index in [1.165, 1.54) is 5.56 Å². The molecule has 0 saturated heterocycles. The highest BCUT2D eigenvalue weighted by atomic mass is 16.5. The first-order valence-corrected chi connectivity index (χ1v) is 11.3. The summed E-state index contributed by atoms with van der Waals surface area (Å²) in [4.78, 5) is 19.1. The zero-order valence-corrected chi connectivity index (χ0v) is 19.9. The summed E-state index contributed by atoms with van der Waals surface area (Å²) in [6, 6.07) is 15.8. The molecule has 2 aromatic heterocycles. The van der Waals surface area contributed by atoms with Crippen molar-refractivity contribution in [3.05, 3.63) is 83.1 Å². The van der Waals surface area contributed by atoms with Gasteiger partial charge in [-0.1, -0.05) is 39.0 Å². The molecule has 2 heterocycles. The second-order valence-electron chi connectivity index (χ2n) is 8.66. The van der Waals surface area contributed by atoms with Crippen molar-refractivity contribution in [1.82, 2.24) is 9.88 Å². The molecule has 32 heavy (non-hydrogen) atoms. The normalized spacial score (nSPS) is 11.4. The van der Waals surface area contributed by atoms with Crippen molar-refractivity contribution in [3.8, 4) is 5.75 Å². The number of ether oxygens (including phenoxy) is 1. The maximum Gasteiger partial charge on any atom is 0.289 e. The van der Waals surface area contributed by atoms with Gasteiger partial charge in [-0.25, -0.2) is 0 Å².